The highest BCUT2D eigenvalue weighted by Gasteiger charge is 2.33. The number of aromatic amines is 1. The van der Waals surface area contributed by atoms with Crippen LogP contribution in [-0.4, -0.2) is 29.6 Å². The average Bonchev–Trinajstić information content (AvgIpc) is 2.78. The van der Waals surface area contributed by atoms with Crippen LogP contribution >= 0.6 is 11.8 Å². The number of aryl methyl sites for hydroxylation is 1. The Labute approximate surface area is 190 Å². The Bertz CT molecular complexity index is 1210. The van der Waals surface area contributed by atoms with Gasteiger partial charge in [0.1, 0.15) is 5.82 Å². The molecular weight excluding hydrogens is 426 g/mol. The predicted octanol–water partition coefficient (Wildman–Crippen LogP) is 4.25. The molecule has 1 aromatic heterocycles. The van der Waals surface area contributed by atoms with Crippen molar-refractivity contribution < 1.29 is 14.3 Å². The highest BCUT2D eigenvalue weighted by molar-refractivity contribution is 7.98. The number of carbonyl (C=O) groups is 1. The highest BCUT2D eigenvalue weighted by Crippen LogP contribution is 2.42. The number of hydrogen-bond acceptors (Lipinski definition) is 6. The number of nitrogens with one attached hydrogen (secondary N) is 2. The molecule has 1 amide bonds. The van der Waals surface area contributed by atoms with E-state index in [0.29, 0.717) is 40.4 Å². The molecule has 0 aliphatic carbocycles. The van der Waals surface area contributed by atoms with Crippen LogP contribution in [0.2, 0.25) is 0 Å². The molecule has 7 nitrogen and oxygen atoms in total. The molecule has 1 aliphatic rings. The summed E-state index contributed by atoms with van der Waals surface area (Å²) in [5.74, 6) is 1.39. The smallest absolute Gasteiger partial charge is 0.257 e. The average molecular weight is 452 g/mol. The summed E-state index contributed by atoms with van der Waals surface area (Å²) in [4.78, 5) is 33.1. The van der Waals surface area contributed by atoms with Gasteiger partial charge >= 0.3 is 0 Å². The van der Waals surface area contributed by atoms with E-state index in [2.05, 4.69) is 21.4 Å². The molecule has 32 heavy (non-hydrogen) atoms. The minimum Gasteiger partial charge on any atom is -0.493 e. The van der Waals surface area contributed by atoms with Crippen LogP contribution in [-0.2, 0) is 10.5 Å². The number of H-pyrrole nitrogens is 1. The standard InChI is InChI=1S/C24H25N3O4S/c1-4-31-21-16(10-7-11-18(21)30-3)17-12-19(28)25-22-20(17)23(29)27-24(26-22)32-13-15-9-6-5-8-14(15)2/h5-11,17H,4,12-13H2,1-3H3,(H2,25,26,27,28,29)/t17-/m0/s1. The molecule has 3 aromatic rings. The van der Waals surface area contributed by atoms with E-state index in [-0.39, 0.29) is 17.9 Å². The molecule has 0 bridgehead atoms. The van der Waals surface area contributed by atoms with Crippen LogP contribution < -0.4 is 20.3 Å². The summed E-state index contributed by atoms with van der Waals surface area (Å²) in [6.45, 7) is 4.36. The van der Waals surface area contributed by atoms with E-state index in [1.807, 2.05) is 44.2 Å². The van der Waals surface area contributed by atoms with Crippen molar-refractivity contribution in [2.45, 2.75) is 37.1 Å². The van der Waals surface area contributed by atoms with Gasteiger partial charge in [-0.1, -0.05) is 48.2 Å². The number of amides is 1. The Morgan fingerprint density at radius 1 is 1.16 bits per heavy atom. The van der Waals surface area contributed by atoms with E-state index in [1.165, 1.54) is 17.3 Å². The third-order valence-electron chi connectivity index (χ3n) is 5.45. The maximum Gasteiger partial charge on any atom is 0.257 e. The van der Waals surface area contributed by atoms with Gasteiger partial charge in [0.05, 0.1) is 19.3 Å². The molecule has 1 aliphatic heterocycles. The fraction of sp³-hybridized carbons (Fsp3) is 0.292. The first-order valence-electron chi connectivity index (χ1n) is 10.4. The van der Waals surface area contributed by atoms with Gasteiger partial charge in [-0.15, -0.1) is 0 Å². The Kier molecular flexibility index (Phi) is 6.50. The number of ether oxygens (including phenoxy) is 2. The first kappa shape index (κ1) is 22.0. The van der Waals surface area contributed by atoms with Crippen LogP contribution in [0.3, 0.4) is 0 Å². The maximum absolute atomic E-state index is 13.1. The number of hydrogen-bond donors (Lipinski definition) is 2. The number of nitrogens with zero attached hydrogens (tertiary/aromatic N) is 1. The summed E-state index contributed by atoms with van der Waals surface area (Å²) >= 11 is 1.43. The third kappa shape index (κ3) is 4.36. The van der Waals surface area contributed by atoms with Gasteiger partial charge in [0.25, 0.3) is 5.56 Å². The molecule has 1 atom stereocenters. The van der Waals surface area contributed by atoms with Gasteiger partial charge in [-0.2, -0.15) is 0 Å². The van der Waals surface area contributed by atoms with E-state index in [0.717, 1.165) is 11.1 Å². The molecule has 2 heterocycles. The lowest BCUT2D eigenvalue weighted by molar-refractivity contribution is -0.116. The fourth-order valence-electron chi connectivity index (χ4n) is 3.87. The first-order chi connectivity index (χ1) is 15.5. The molecular formula is C24H25N3O4S. The number of fused-ring (bicyclic) bond motifs is 1. The topological polar surface area (TPSA) is 93.3 Å². The summed E-state index contributed by atoms with van der Waals surface area (Å²) in [7, 11) is 1.56. The molecule has 0 fully saturated rings. The number of benzene rings is 2. The molecule has 0 radical (unpaired) electrons. The zero-order valence-corrected chi connectivity index (χ0v) is 19.0. The fourth-order valence-corrected chi connectivity index (χ4v) is 4.81. The van der Waals surface area contributed by atoms with Crippen LogP contribution in [0.5, 0.6) is 11.5 Å². The van der Waals surface area contributed by atoms with Crippen molar-refractivity contribution in [3.05, 3.63) is 75.1 Å². The van der Waals surface area contributed by atoms with Gasteiger partial charge in [-0.25, -0.2) is 4.98 Å². The Hall–Kier alpha value is -3.26. The molecule has 4 rings (SSSR count). The molecule has 2 aromatic carbocycles. The van der Waals surface area contributed by atoms with E-state index in [4.69, 9.17) is 9.47 Å². The van der Waals surface area contributed by atoms with E-state index >= 15 is 0 Å². The maximum atomic E-state index is 13.1. The summed E-state index contributed by atoms with van der Waals surface area (Å²) in [6.07, 6.45) is 0.126. The zero-order valence-electron chi connectivity index (χ0n) is 18.2. The van der Waals surface area contributed by atoms with Crippen molar-refractivity contribution in [2.75, 3.05) is 19.0 Å². The monoisotopic (exact) mass is 451 g/mol. The molecule has 0 saturated heterocycles. The zero-order chi connectivity index (χ0) is 22.7. The van der Waals surface area contributed by atoms with Crippen LogP contribution in [0.15, 0.2) is 52.4 Å². The van der Waals surface area contributed by atoms with Gasteiger partial charge in [-0.05, 0) is 31.0 Å². The van der Waals surface area contributed by atoms with Gasteiger partial charge in [0.15, 0.2) is 16.7 Å². The van der Waals surface area contributed by atoms with Crippen LogP contribution in [0.1, 0.15) is 41.5 Å². The van der Waals surface area contributed by atoms with E-state index in [1.54, 1.807) is 13.2 Å². The minimum absolute atomic E-state index is 0.126. The molecule has 166 valence electrons. The van der Waals surface area contributed by atoms with Crippen molar-refractivity contribution in [2.24, 2.45) is 0 Å². The molecule has 0 unspecified atom stereocenters. The summed E-state index contributed by atoms with van der Waals surface area (Å²) in [6, 6.07) is 13.6. The largest absolute Gasteiger partial charge is 0.493 e. The van der Waals surface area contributed by atoms with Gasteiger partial charge < -0.3 is 19.8 Å². The number of carbonyl (C=O) groups excluding carboxylic acids is 1. The predicted molar refractivity (Wildman–Crippen MR) is 125 cm³/mol. The number of anilines is 1. The SMILES string of the molecule is CCOc1c(OC)cccc1[C@@H]1CC(=O)Nc2nc(SCc3ccccc3C)[nH]c(=O)c21. The number of para-hydroxylation sites is 1. The second kappa shape index (κ2) is 9.48. The van der Waals surface area contributed by atoms with Gasteiger partial charge in [-0.3, -0.25) is 9.59 Å². The van der Waals surface area contributed by atoms with Gasteiger partial charge in [0, 0.05) is 23.7 Å². The second-order valence-corrected chi connectivity index (χ2v) is 8.43. The van der Waals surface area contributed by atoms with E-state index in [9.17, 15) is 9.59 Å². The summed E-state index contributed by atoms with van der Waals surface area (Å²) < 4.78 is 11.3. The lowest BCUT2D eigenvalue weighted by Gasteiger charge is -2.26. The first-order valence-corrected chi connectivity index (χ1v) is 11.4. The van der Waals surface area contributed by atoms with Crippen LogP contribution in [0.4, 0.5) is 5.82 Å². The number of rotatable bonds is 7. The lowest BCUT2D eigenvalue weighted by Crippen LogP contribution is -2.31. The Balaban J connectivity index is 1.72. The van der Waals surface area contributed by atoms with Gasteiger partial charge in [0.2, 0.25) is 5.91 Å². The third-order valence-corrected chi connectivity index (χ3v) is 6.37. The van der Waals surface area contributed by atoms with Crippen LogP contribution in [0, 0.1) is 6.92 Å². The molecule has 8 heteroatoms. The van der Waals surface area contributed by atoms with Crippen molar-refractivity contribution >= 4 is 23.5 Å². The number of methoxy groups -OCH3 is 1. The second-order valence-electron chi connectivity index (χ2n) is 7.47. The quantitative estimate of drug-likeness (QED) is 0.412. The van der Waals surface area contributed by atoms with Crippen molar-refractivity contribution in [3.8, 4) is 11.5 Å². The van der Waals surface area contributed by atoms with Crippen LogP contribution in [0.25, 0.3) is 0 Å². The Morgan fingerprint density at radius 2 is 1.97 bits per heavy atom. The summed E-state index contributed by atoms with van der Waals surface area (Å²) in [5, 5.41) is 3.24. The minimum atomic E-state index is -0.484. The Morgan fingerprint density at radius 3 is 2.72 bits per heavy atom. The number of thioether (sulfide) groups is 1. The van der Waals surface area contributed by atoms with E-state index < -0.39 is 5.92 Å². The number of aromatic nitrogens is 2. The molecule has 0 saturated carbocycles. The normalized spacial score (nSPS) is 15.1. The summed E-state index contributed by atoms with van der Waals surface area (Å²) in [5.41, 5.74) is 3.24. The van der Waals surface area contributed by atoms with Crippen molar-refractivity contribution in [1.29, 1.82) is 0 Å². The van der Waals surface area contributed by atoms with Crippen molar-refractivity contribution in [1.82, 2.24) is 9.97 Å². The lowest BCUT2D eigenvalue weighted by atomic mass is 9.86. The molecule has 0 spiro atoms. The highest BCUT2D eigenvalue weighted by atomic mass is 32.2. The molecule has 2 N–H and O–H groups in total. The van der Waals surface area contributed by atoms with Crippen molar-refractivity contribution in [3.63, 3.8) is 0 Å².